The second-order valence-corrected chi connectivity index (χ2v) is 7.95. The maximum absolute atomic E-state index is 13.6. The Morgan fingerprint density at radius 1 is 1.03 bits per heavy atom. The summed E-state index contributed by atoms with van der Waals surface area (Å²) in [6.07, 6.45) is 0. The molecule has 0 radical (unpaired) electrons. The molecule has 1 amide bonds. The van der Waals surface area contributed by atoms with Gasteiger partial charge in [0.2, 0.25) is 0 Å². The van der Waals surface area contributed by atoms with E-state index in [4.69, 9.17) is 4.74 Å². The molecule has 0 saturated carbocycles. The van der Waals surface area contributed by atoms with E-state index < -0.39 is 5.82 Å². The minimum atomic E-state index is -0.474. The summed E-state index contributed by atoms with van der Waals surface area (Å²) in [4.78, 5) is 21.0. The van der Waals surface area contributed by atoms with Crippen LogP contribution in [-0.4, -0.2) is 53.5 Å². The summed E-state index contributed by atoms with van der Waals surface area (Å²) in [5.41, 5.74) is 1.73. The monoisotopic (exact) mass is 465 g/mol. The number of piperazine rings is 1. The molecule has 31 heavy (non-hydrogen) atoms. The Labute approximate surface area is 189 Å². The fraction of sp³-hybridized carbons (Fsp3) is 0.273. The number of para-hydroxylation sites is 1. The molecule has 0 bridgehead atoms. The maximum Gasteiger partial charge on any atom is 0.260 e. The van der Waals surface area contributed by atoms with Gasteiger partial charge in [0.05, 0.1) is 12.2 Å². The number of thiazole rings is 1. The van der Waals surface area contributed by atoms with Gasteiger partial charge < -0.3 is 9.64 Å². The quantitative estimate of drug-likeness (QED) is 0.546. The second kappa shape index (κ2) is 10.7. The predicted molar refractivity (Wildman–Crippen MR) is 119 cm³/mol. The molecule has 0 spiro atoms. The van der Waals surface area contributed by atoms with Crippen molar-refractivity contribution in [2.75, 3.05) is 32.8 Å². The summed E-state index contributed by atoms with van der Waals surface area (Å²) in [7, 11) is 0. The van der Waals surface area contributed by atoms with E-state index in [0.29, 0.717) is 19.6 Å². The van der Waals surface area contributed by atoms with Crippen LogP contribution in [0.3, 0.4) is 0 Å². The van der Waals surface area contributed by atoms with E-state index in [1.165, 1.54) is 24.3 Å². The average molecular weight is 466 g/mol. The third kappa shape index (κ3) is 6.00. The summed E-state index contributed by atoms with van der Waals surface area (Å²) in [5.74, 6) is -0.796. The molecule has 2 heterocycles. The number of aromatic nitrogens is 1. The number of rotatable bonds is 6. The molecule has 5 nitrogen and oxygen atoms in total. The number of carbonyl (C=O) groups excluding carboxylic acids is 1. The first kappa shape index (κ1) is 23.1. The molecule has 0 atom stereocenters. The van der Waals surface area contributed by atoms with E-state index >= 15 is 0 Å². The van der Waals surface area contributed by atoms with Gasteiger partial charge in [-0.3, -0.25) is 9.69 Å². The standard InChI is InChI=1S/C22H21F2N3O2S.ClH/c23-17-7-5-16(6-8-17)19-15-30-21(25-19)13-26-9-11-27(12-10-26)22(28)14-29-20-4-2-1-3-18(20)24;/h1-8,15H,9-14H2;1H. The Balaban J connectivity index is 0.00000272. The minimum absolute atomic E-state index is 0. The van der Waals surface area contributed by atoms with Gasteiger partial charge in [-0.1, -0.05) is 12.1 Å². The van der Waals surface area contributed by atoms with Crippen LogP contribution in [-0.2, 0) is 11.3 Å². The van der Waals surface area contributed by atoms with Crippen LogP contribution in [0.25, 0.3) is 11.3 Å². The molecule has 1 aromatic heterocycles. The van der Waals surface area contributed by atoms with Crippen LogP contribution in [0.5, 0.6) is 5.75 Å². The average Bonchev–Trinajstić information content (AvgIpc) is 3.22. The van der Waals surface area contributed by atoms with Gasteiger partial charge in [-0.05, 0) is 36.4 Å². The smallest absolute Gasteiger partial charge is 0.260 e. The Kier molecular flexibility index (Phi) is 7.95. The van der Waals surface area contributed by atoms with Crippen molar-refractivity contribution in [3.05, 3.63) is 70.6 Å². The van der Waals surface area contributed by atoms with Crippen molar-refractivity contribution in [3.8, 4) is 17.0 Å². The van der Waals surface area contributed by atoms with Crippen LogP contribution in [0.2, 0.25) is 0 Å². The fourth-order valence-corrected chi connectivity index (χ4v) is 4.12. The van der Waals surface area contributed by atoms with Gasteiger partial charge in [-0.2, -0.15) is 0 Å². The third-order valence-electron chi connectivity index (χ3n) is 4.96. The Bertz CT molecular complexity index is 1010. The number of nitrogens with zero attached hydrogens (tertiary/aromatic N) is 3. The number of amides is 1. The van der Waals surface area contributed by atoms with E-state index in [9.17, 15) is 13.6 Å². The lowest BCUT2D eigenvalue weighted by Crippen LogP contribution is -2.49. The van der Waals surface area contributed by atoms with Crippen molar-refractivity contribution in [3.63, 3.8) is 0 Å². The summed E-state index contributed by atoms with van der Waals surface area (Å²) >= 11 is 1.57. The zero-order chi connectivity index (χ0) is 20.9. The van der Waals surface area contributed by atoms with Crippen LogP contribution in [0.1, 0.15) is 5.01 Å². The molecule has 0 aliphatic carbocycles. The van der Waals surface area contributed by atoms with Gasteiger partial charge in [0.25, 0.3) is 5.91 Å². The van der Waals surface area contributed by atoms with Gasteiger partial charge in [0.1, 0.15) is 10.8 Å². The first-order valence-electron chi connectivity index (χ1n) is 9.66. The zero-order valence-corrected chi connectivity index (χ0v) is 18.3. The highest BCUT2D eigenvalue weighted by Crippen LogP contribution is 2.23. The maximum atomic E-state index is 13.6. The Morgan fingerprint density at radius 2 is 1.74 bits per heavy atom. The molecule has 1 saturated heterocycles. The van der Waals surface area contributed by atoms with E-state index in [2.05, 4.69) is 9.88 Å². The zero-order valence-electron chi connectivity index (χ0n) is 16.7. The largest absolute Gasteiger partial charge is 0.481 e. The molecule has 9 heteroatoms. The summed E-state index contributed by atoms with van der Waals surface area (Å²) in [6.45, 7) is 3.19. The van der Waals surface area contributed by atoms with Gasteiger partial charge in [-0.15, -0.1) is 23.7 Å². The first-order chi connectivity index (χ1) is 14.6. The Morgan fingerprint density at radius 3 is 2.45 bits per heavy atom. The van der Waals surface area contributed by atoms with Crippen LogP contribution in [0.15, 0.2) is 53.9 Å². The third-order valence-corrected chi connectivity index (χ3v) is 5.80. The highest BCUT2D eigenvalue weighted by Gasteiger charge is 2.22. The van der Waals surface area contributed by atoms with Crippen molar-refractivity contribution < 1.29 is 18.3 Å². The number of carbonyl (C=O) groups is 1. The molecule has 1 aliphatic heterocycles. The number of benzene rings is 2. The van der Waals surface area contributed by atoms with Crippen LogP contribution in [0.4, 0.5) is 8.78 Å². The number of hydrogen-bond acceptors (Lipinski definition) is 5. The topological polar surface area (TPSA) is 45.7 Å². The molecule has 3 aromatic rings. The molecular weight excluding hydrogens is 444 g/mol. The molecule has 164 valence electrons. The van der Waals surface area contributed by atoms with Gasteiger partial charge in [-0.25, -0.2) is 13.8 Å². The van der Waals surface area contributed by atoms with Crippen LogP contribution in [0, 0.1) is 11.6 Å². The highest BCUT2D eigenvalue weighted by molar-refractivity contribution is 7.09. The van der Waals surface area contributed by atoms with E-state index in [1.54, 1.807) is 40.5 Å². The summed E-state index contributed by atoms with van der Waals surface area (Å²) in [5, 5.41) is 2.96. The molecule has 1 aliphatic rings. The fourth-order valence-electron chi connectivity index (χ4n) is 3.28. The van der Waals surface area contributed by atoms with Gasteiger partial charge >= 0.3 is 0 Å². The molecule has 0 N–H and O–H groups in total. The van der Waals surface area contributed by atoms with Crippen LogP contribution < -0.4 is 4.74 Å². The Hall–Kier alpha value is -2.55. The van der Waals surface area contributed by atoms with Gasteiger partial charge in [0.15, 0.2) is 18.2 Å². The normalized spacial score (nSPS) is 14.2. The van der Waals surface area contributed by atoms with Crippen LogP contribution >= 0.6 is 23.7 Å². The number of hydrogen-bond donors (Lipinski definition) is 0. The number of ether oxygens (including phenoxy) is 1. The lowest BCUT2D eigenvalue weighted by molar-refractivity contribution is -0.135. The second-order valence-electron chi connectivity index (χ2n) is 7.01. The van der Waals surface area contributed by atoms with E-state index in [1.807, 2.05) is 5.38 Å². The lowest BCUT2D eigenvalue weighted by Gasteiger charge is -2.34. The summed E-state index contributed by atoms with van der Waals surface area (Å²) < 4.78 is 32.0. The molecule has 4 rings (SSSR count). The number of halogens is 3. The molecule has 0 unspecified atom stereocenters. The van der Waals surface area contributed by atoms with Crippen molar-refractivity contribution in [2.45, 2.75) is 6.54 Å². The molecule has 1 fully saturated rings. The van der Waals surface area contributed by atoms with E-state index in [0.717, 1.165) is 29.4 Å². The van der Waals surface area contributed by atoms with E-state index in [-0.39, 0.29) is 36.5 Å². The van der Waals surface area contributed by atoms with Crippen molar-refractivity contribution in [2.24, 2.45) is 0 Å². The van der Waals surface area contributed by atoms with Crippen molar-refractivity contribution in [1.29, 1.82) is 0 Å². The SMILES string of the molecule is Cl.O=C(COc1ccccc1F)N1CCN(Cc2nc(-c3ccc(F)cc3)cs2)CC1. The molecule has 2 aromatic carbocycles. The summed E-state index contributed by atoms with van der Waals surface area (Å²) in [6, 6.07) is 12.4. The first-order valence-corrected chi connectivity index (χ1v) is 10.5. The molecular formula is C22H22ClF2N3O2S. The van der Waals surface area contributed by atoms with Crippen molar-refractivity contribution in [1.82, 2.24) is 14.8 Å². The van der Waals surface area contributed by atoms with Gasteiger partial charge in [0, 0.05) is 37.1 Å². The minimum Gasteiger partial charge on any atom is -0.481 e. The van der Waals surface area contributed by atoms with Crippen molar-refractivity contribution >= 4 is 29.7 Å². The highest BCUT2D eigenvalue weighted by atomic mass is 35.5. The predicted octanol–water partition coefficient (Wildman–Crippen LogP) is 4.23. The lowest BCUT2D eigenvalue weighted by atomic mass is 10.2.